The topological polar surface area (TPSA) is 29.1 Å². The fourth-order valence-electron chi connectivity index (χ4n) is 8.22. The maximum Gasteiger partial charge on any atom is 0.224 e. The molecule has 2 saturated carbocycles. The van der Waals surface area contributed by atoms with Crippen molar-refractivity contribution < 1.29 is 4.79 Å². The number of carbonyl (C=O) groups excluding carboxylic acids is 1. The summed E-state index contributed by atoms with van der Waals surface area (Å²) in [6, 6.07) is 0. The van der Waals surface area contributed by atoms with E-state index in [2.05, 4.69) is 46.0 Å². The Morgan fingerprint density at radius 1 is 1.07 bits per heavy atom. The van der Waals surface area contributed by atoms with E-state index in [1.807, 2.05) is 0 Å². The molecule has 1 saturated heterocycles. The van der Waals surface area contributed by atoms with Crippen molar-refractivity contribution in [2.45, 2.75) is 98.8 Å². The highest BCUT2D eigenvalue weighted by atomic mass is 16.1. The molecule has 3 fully saturated rings. The predicted molar refractivity (Wildman–Crippen MR) is 117 cm³/mol. The summed E-state index contributed by atoms with van der Waals surface area (Å²) in [7, 11) is 0. The molecule has 1 N–H and O–H groups in total. The average Bonchev–Trinajstić information content (AvgIpc) is 2.99. The molecule has 2 heteroatoms. The van der Waals surface area contributed by atoms with Crippen LogP contribution < -0.4 is 5.32 Å². The van der Waals surface area contributed by atoms with Gasteiger partial charge in [0.25, 0.3) is 0 Å². The third kappa shape index (κ3) is 3.27. The van der Waals surface area contributed by atoms with E-state index in [-0.39, 0.29) is 11.3 Å². The van der Waals surface area contributed by atoms with Crippen molar-refractivity contribution in [3.05, 3.63) is 11.8 Å². The highest BCUT2D eigenvalue weighted by Gasteiger charge is 2.59. The molecule has 1 aliphatic heterocycles. The van der Waals surface area contributed by atoms with Gasteiger partial charge in [-0.05, 0) is 79.4 Å². The number of piperidine rings is 1. The Hall–Kier alpha value is -0.790. The van der Waals surface area contributed by atoms with Gasteiger partial charge in [-0.2, -0.15) is 0 Å². The molecule has 3 aliphatic carbocycles. The number of nitrogens with one attached hydrogen (secondary N) is 1. The number of fused-ring (bicyclic) bond motifs is 5. The molecule has 158 valence electrons. The normalized spacial score (nSPS) is 43.6. The lowest BCUT2D eigenvalue weighted by Gasteiger charge is -2.57. The Bertz CT molecular complexity index is 636. The lowest BCUT2D eigenvalue weighted by molar-refractivity contribution is -0.125. The third-order valence-corrected chi connectivity index (χ3v) is 9.81. The Morgan fingerprint density at radius 3 is 2.61 bits per heavy atom. The third-order valence-electron chi connectivity index (χ3n) is 9.81. The second kappa shape index (κ2) is 7.47. The molecule has 28 heavy (non-hydrogen) atoms. The van der Waals surface area contributed by atoms with Crippen LogP contribution in [0.25, 0.3) is 0 Å². The summed E-state index contributed by atoms with van der Waals surface area (Å²) in [5.41, 5.74) is 2.04. The minimum Gasteiger partial charge on any atom is -0.330 e. The van der Waals surface area contributed by atoms with E-state index < -0.39 is 0 Å². The van der Waals surface area contributed by atoms with Crippen molar-refractivity contribution in [2.75, 3.05) is 0 Å². The van der Waals surface area contributed by atoms with Gasteiger partial charge in [0.1, 0.15) is 0 Å². The summed E-state index contributed by atoms with van der Waals surface area (Å²) in [6.45, 7) is 12.4. The van der Waals surface area contributed by atoms with Gasteiger partial charge in [0.05, 0.1) is 0 Å². The van der Waals surface area contributed by atoms with Crippen molar-refractivity contribution in [2.24, 2.45) is 46.3 Å². The average molecular weight is 386 g/mol. The van der Waals surface area contributed by atoms with Crippen molar-refractivity contribution in [1.82, 2.24) is 5.32 Å². The second-order valence-electron chi connectivity index (χ2n) is 11.7. The minimum atomic E-state index is 0.221. The fourth-order valence-corrected chi connectivity index (χ4v) is 8.22. The van der Waals surface area contributed by atoms with E-state index in [4.69, 9.17) is 0 Å². The molecular weight excluding hydrogens is 342 g/mol. The molecule has 2 nitrogen and oxygen atoms in total. The number of allylic oxidation sites excluding steroid dienone is 2. The number of amides is 1. The SMILES string of the molecule is CC(C)CCC[C@@H](C)[C@H]1CCC2C3CC=C4NC(=O)CC[C@]4(C)C3CC[C@@]21C. The summed E-state index contributed by atoms with van der Waals surface area (Å²) in [6.07, 6.45) is 15.3. The van der Waals surface area contributed by atoms with E-state index in [9.17, 15) is 4.79 Å². The maximum atomic E-state index is 11.9. The summed E-state index contributed by atoms with van der Waals surface area (Å²) < 4.78 is 0. The number of hydrogen-bond acceptors (Lipinski definition) is 1. The largest absolute Gasteiger partial charge is 0.330 e. The van der Waals surface area contributed by atoms with E-state index >= 15 is 0 Å². The van der Waals surface area contributed by atoms with Crippen LogP contribution in [0.2, 0.25) is 0 Å². The fraction of sp³-hybridized carbons (Fsp3) is 0.885. The van der Waals surface area contributed by atoms with Crippen LogP contribution in [-0.4, -0.2) is 5.91 Å². The lowest BCUT2D eigenvalue weighted by Crippen LogP contribution is -2.53. The first-order chi connectivity index (χ1) is 13.3. The van der Waals surface area contributed by atoms with Crippen LogP contribution in [0.3, 0.4) is 0 Å². The van der Waals surface area contributed by atoms with Crippen molar-refractivity contribution >= 4 is 5.91 Å². The van der Waals surface area contributed by atoms with Crippen molar-refractivity contribution in [3.8, 4) is 0 Å². The smallest absolute Gasteiger partial charge is 0.224 e. The predicted octanol–water partition coefficient (Wildman–Crippen LogP) is 6.71. The first kappa shape index (κ1) is 20.5. The first-order valence-electron chi connectivity index (χ1n) is 12.3. The van der Waals surface area contributed by atoms with Gasteiger partial charge in [-0.15, -0.1) is 0 Å². The van der Waals surface area contributed by atoms with Gasteiger partial charge >= 0.3 is 0 Å². The molecule has 0 aromatic carbocycles. The molecule has 0 bridgehead atoms. The molecule has 3 unspecified atom stereocenters. The van der Waals surface area contributed by atoms with Crippen molar-refractivity contribution in [1.29, 1.82) is 0 Å². The van der Waals surface area contributed by atoms with E-state index in [1.54, 1.807) is 0 Å². The monoisotopic (exact) mass is 385 g/mol. The summed E-state index contributed by atoms with van der Waals surface area (Å²) in [5.74, 6) is 5.40. The van der Waals surface area contributed by atoms with E-state index in [0.717, 1.165) is 41.9 Å². The molecule has 7 atom stereocenters. The quantitative estimate of drug-likeness (QED) is 0.560. The van der Waals surface area contributed by atoms with E-state index in [0.29, 0.717) is 11.8 Å². The highest BCUT2D eigenvalue weighted by molar-refractivity contribution is 5.79. The Balaban J connectivity index is 1.50. The lowest BCUT2D eigenvalue weighted by atomic mass is 9.48. The summed E-state index contributed by atoms with van der Waals surface area (Å²) in [4.78, 5) is 11.9. The van der Waals surface area contributed by atoms with Gasteiger partial charge in [0, 0.05) is 17.5 Å². The Morgan fingerprint density at radius 2 is 1.86 bits per heavy atom. The van der Waals surface area contributed by atoms with E-state index in [1.165, 1.54) is 57.1 Å². The van der Waals surface area contributed by atoms with Gasteiger partial charge in [0.2, 0.25) is 5.91 Å². The van der Waals surface area contributed by atoms with Crippen LogP contribution >= 0.6 is 0 Å². The number of rotatable bonds is 5. The van der Waals surface area contributed by atoms with Crippen molar-refractivity contribution in [3.63, 3.8) is 0 Å². The van der Waals surface area contributed by atoms with Crippen LogP contribution in [-0.2, 0) is 4.79 Å². The zero-order valence-corrected chi connectivity index (χ0v) is 19.0. The molecule has 1 amide bonds. The second-order valence-corrected chi connectivity index (χ2v) is 11.7. The van der Waals surface area contributed by atoms with Gasteiger partial charge < -0.3 is 5.32 Å². The maximum absolute atomic E-state index is 11.9. The van der Waals surface area contributed by atoms with Crippen LogP contribution in [0.15, 0.2) is 11.8 Å². The van der Waals surface area contributed by atoms with Gasteiger partial charge in [-0.3, -0.25) is 4.79 Å². The Kier molecular flexibility index (Phi) is 5.47. The standard InChI is InChI=1S/C26H43NO/c1-17(2)7-6-8-18(3)20-10-11-21-19-9-12-23-26(5,16-14-24(28)27-23)22(19)13-15-25(20,21)4/h12,17-22H,6-11,13-16H2,1-5H3,(H,27,28)/t18-,19?,20-,21?,22?,25-,26-/m1/s1. The molecule has 0 spiro atoms. The van der Waals surface area contributed by atoms with Gasteiger partial charge in [0.15, 0.2) is 0 Å². The molecule has 0 aromatic heterocycles. The summed E-state index contributed by atoms with van der Waals surface area (Å²) >= 11 is 0. The molecule has 4 aliphatic rings. The van der Waals surface area contributed by atoms with Gasteiger partial charge in [-0.1, -0.05) is 60.0 Å². The number of carbonyl (C=O) groups is 1. The molecule has 1 heterocycles. The molecular formula is C26H43NO. The van der Waals surface area contributed by atoms with Crippen LogP contribution in [0, 0.1) is 46.3 Å². The Labute approximate surface area is 173 Å². The zero-order chi connectivity index (χ0) is 20.1. The van der Waals surface area contributed by atoms with Crippen LogP contribution in [0.4, 0.5) is 0 Å². The molecule has 4 rings (SSSR count). The first-order valence-corrected chi connectivity index (χ1v) is 12.3. The minimum absolute atomic E-state index is 0.221. The van der Waals surface area contributed by atoms with Crippen LogP contribution in [0.1, 0.15) is 98.8 Å². The highest BCUT2D eigenvalue weighted by Crippen LogP contribution is 2.66. The molecule has 0 aromatic rings. The summed E-state index contributed by atoms with van der Waals surface area (Å²) in [5, 5.41) is 3.24. The van der Waals surface area contributed by atoms with Gasteiger partial charge in [-0.25, -0.2) is 0 Å². The van der Waals surface area contributed by atoms with Crippen LogP contribution in [0.5, 0.6) is 0 Å². The molecule has 0 radical (unpaired) electrons. The zero-order valence-electron chi connectivity index (χ0n) is 19.0. The number of hydrogen-bond donors (Lipinski definition) is 1.